The third-order valence-electron chi connectivity index (χ3n) is 3.25. The Morgan fingerprint density at radius 1 is 1.21 bits per heavy atom. The summed E-state index contributed by atoms with van der Waals surface area (Å²) in [5.41, 5.74) is 7.63. The molecule has 0 bridgehead atoms. The Balaban J connectivity index is 2.01. The lowest BCUT2D eigenvalue weighted by Gasteiger charge is -2.24. The van der Waals surface area contributed by atoms with Crippen molar-refractivity contribution in [2.75, 3.05) is 18.4 Å². The molecule has 0 fully saturated rings. The molecule has 1 aromatic carbocycles. The lowest BCUT2D eigenvalue weighted by Crippen LogP contribution is -2.24. The Morgan fingerprint density at radius 3 is 2.68 bits per heavy atom. The third-order valence-corrected chi connectivity index (χ3v) is 3.25. The highest BCUT2D eigenvalue weighted by Crippen LogP contribution is 2.22. The van der Waals surface area contributed by atoms with Gasteiger partial charge in [-0.3, -0.25) is 4.98 Å². The van der Waals surface area contributed by atoms with Crippen LogP contribution in [0.2, 0.25) is 0 Å². The molecular formula is C15H22N4. The molecule has 0 atom stereocenters. The van der Waals surface area contributed by atoms with E-state index in [1.54, 1.807) is 6.20 Å². The second-order valence-corrected chi connectivity index (χ2v) is 5.65. The van der Waals surface area contributed by atoms with E-state index in [2.05, 4.69) is 29.1 Å². The van der Waals surface area contributed by atoms with Crippen molar-refractivity contribution in [2.24, 2.45) is 11.1 Å². The first kappa shape index (κ1) is 13.7. The van der Waals surface area contributed by atoms with Crippen molar-refractivity contribution in [3.63, 3.8) is 0 Å². The first-order chi connectivity index (χ1) is 9.11. The molecule has 0 aliphatic rings. The number of hydrogen-bond donors (Lipinski definition) is 2. The quantitative estimate of drug-likeness (QED) is 0.836. The molecule has 2 rings (SSSR count). The van der Waals surface area contributed by atoms with Crippen LogP contribution in [-0.2, 0) is 0 Å². The van der Waals surface area contributed by atoms with Crippen LogP contribution >= 0.6 is 0 Å². The van der Waals surface area contributed by atoms with Crippen molar-refractivity contribution in [1.29, 1.82) is 0 Å². The van der Waals surface area contributed by atoms with E-state index in [1.165, 1.54) is 0 Å². The second-order valence-electron chi connectivity index (χ2n) is 5.65. The summed E-state index contributed by atoms with van der Waals surface area (Å²) in [5.74, 6) is 0.833. The van der Waals surface area contributed by atoms with Gasteiger partial charge in [0.2, 0.25) is 0 Å². The molecule has 0 saturated carbocycles. The maximum atomic E-state index is 5.56. The summed E-state index contributed by atoms with van der Waals surface area (Å²) in [7, 11) is 0. The topological polar surface area (TPSA) is 63.8 Å². The van der Waals surface area contributed by atoms with E-state index in [1.807, 2.05) is 24.3 Å². The highest BCUT2D eigenvalue weighted by Gasteiger charge is 2.17. The standard InChI is InChI=1S/C15H22N4/c1-15(2,8-5-9-16)11-18-14-10-17-12-6-3-4-7-13(12)19-14/h3-4,6-7,10H,5,8-9,11,16H2,1-2H3,(H,18,19). The van der Waals surface area contributed by atoms with Gasteiger partial charge >= 0.3 is 0 Å². The number of benzene rings is 1. The average Bonchev–Trinajstić information content (AvgIpc) is 2.43. The van der Waals surface area contributed by atoms with Gasteiger partial charge in [0.25, 0.3) is 0 Å². The Labute approximate surface area is 114 Å². The van der Waals surface area contributed by atoms with Crippen LogP contribution in [0.25, 0.3) is 11.0 Å². The molecule has 1 aromatic heterocycles. The van der Waals surface area contributed by atoms with Crippen molar-refractivity contribution in [3.8, 4) is 0 Å². The van der Waals surface area contributed by atoms with Crippen LogP contribution in [-0.4, -0.2) is 23.1 Å². The van der Waals surface area contributed by atoms with Crippen molar-refractivity contribution in [2.45, 2.75) is 26.7 Å². The third kappa shape index (κ3) is 3.89. The maximum Gasteiger partial charge on any atom is 0.145 e. The Bertz CT molecular complexity index is 536. The number of hydrogen-bond acceptors (Lipinski definition) is 4. The van der Waals surface area contributed by atoms with E-state index in [-0.39, 0.29) is 5.41 Å². The van der Waals surface area contributed by atoms with E-state index in [0.717, 1.165) is 42.8 Å². The van der Waals surface area contributed by atoms with Crippen LogP contribution in [0.15, 0.2) is 30.5 Å². The van der Waals surface area contributed by atoms with Gasteiger partial charge in [-0.15, -0.1) is 0 Å². The second kappa shape index (κ2) is 5.97. The van der Waals surface area contributed by atoms with E-state index in [4.69, 9.17) is 5.73 Å². The Hall–Kier alpha value is -1.68. The van der Waals surface area contributed by atoms with Gasteiger partial charge in [0.05, 0.1) is 17.2 Å². The predicted octanol–water partition coefficient (Wildman–Crippen LogP) is 2.81. The molecule has 0 saturated heterocycles. The zero-order chi connectivity index (χ0) is 13.7. The van der Waals surface area contributed by atoms with Crippen LogP contribution in [0.4, 0.5) is 5.82 Å². The summed E-state index contributed by atoms with van der Waals surface area (Å²) in [4.78, 5) is 8.96. The number of nitrogens with zero attached hydrogens (tertiary/aromatic N) is 2. The Morgan fingerprint density at radius 2 is 1.95 bits per heavy atom. The highest BCUT2D eigenvalue weighted by molar-refractivity contribution is 5.75. The molecule has 3 N–H and O–H groups in total. The fourth-order valence-electron chi connectivity index (χ4n) is 2.04. The predicted molar refractivity (Wildman–Crippen MR) is 80.1 cm³/mol. The van der Waals surface area contributed by atoms with Gasteiger partial charge in [-0.25, -0.2) is 4.98 Å². The van der Waals surface area contributed by atoms with Crippen LogP contribution in [0, 0.1) is 5.41 Å². The summed E-state index contributed by atoms with van der Waals surface area (Å²) in [6.07, 6.45) is 3.96. The van der Waals surface area contributed by atoms with Gasteiger partial charge in [0.15, 0.2) is 0 Å². The fraction of sp³-hybridized carbons (Fsp3) is 0.467. The first-order valence-electron chi connectivity index (χ1n) is 6.76. The van der Waals surface area contributed by atoms with Crippen LogP contribution in [0.5, 0.6) is 0 Å². The molecule has 4 nitrogen and oxygen atoms in total. The number of aromatic nitrogens is 2. The summed E-state index contributed by atoms with van der Waals surface area (Å²) in [6.45, 7) is 6.10. The molecule has 0 amide bonds. The molecule has 0 aliphatic heterocycles. The minimum Gasteiger partial charge on any atom is -0.368 e. The van der Waals surface area contributed by atoms with E-state index < -0.39 is 0 Å². The van der Waals surface area contributed by atoms with Gasteiger partial charge in [0.1, 0.15) is 5.82 Å². The van der Waals surface area contributed by atoms with Gasteiger partial charge in [-0.1, -0.05) is 26.0 Å². The Kier molecular flexibility index (Phi) is 4.32. The molecule has 19 heavy (non-hydrogen) atoms. The number of rotatable bonds is 6. The fourth-order valence-corrected chi connectivity index (χ4v) is 2.04. The number of nitrogens with two attached hydrogens (primary N) is 1. The van der Waals surface area contributed by atoms with Gasteiger partial charge in [0, 0.05) is 6.54 Å². The normalized spacial score (nSPS) is 11.7. The largest absolute Gasteiger partial charge is 0.368 e. The van der Waals surface area contributed by atoms with Crippen LogP contribution < -0.4 is 11.1 Å². The number of fused-ring (bicyclic) bond motifs is 1. The smallest absolute Gasteiger partial charge is 0.145 e. The molecule has 0 aliphatic carbocycles. The summed E-state index contributed by atoms with van der Waals surface area (Å²) in [5, 5.41) is 3.37. The molecule has 4 heteroatoms. The molecular weight excluding hydrogens is 236 g/mol. The van der Waals surface area contributed by atoms with Gasteiger partial charge < -0.3 is 11.1 Å². The van der Waals surface area contributed by atoms with E-state index in [0.29, 0.717) is 0 Å². The monoisotopic (exact) mass is 258 g/mol. The average molecular weight is 258 g/mol. The van der Waals surface area contributed by atoms with Crippen LogP contribution in [0.1, 0.15) is 26.7 Å². The molecule has 0 unspecified atom stereocenters. The van der Waals surface area contributed by atoms with Crippen molar-refractivity contribution >= 4 is 16.9 Å². The molecule has 102 valence electrons. The SMILES string of the molecule is CC(C)(CCCN)CNc1cnc2ccccc2n1. The number of para-hydroxylation sites is 2. The van der Waals surface area contributed by atoms with Crippen molar-refractivity contribution in [3.05, 3.63) is 30.5 Å². The molecule has 1 heterocycles. The first-order valence-corrected chi connectivity index (χ1v) is 6.76. The minimum atomic E-state index is 0.215. The zero-order valence-electron chi connectivity index (χ0n) is 11.7. The van der Waals surface area contributed by atoms with E-state index in [9.17, 15) is 0 Å². The minimum absolute atomic E-state index is 0.215. The number of anilines is 1. The van der Waals surface area contributed by atoms with Crippen molar-refractivity contribution in [1.82, 2.24) is 9.97 Å². The molecule has 0 spiro atoms. The van der Waals surface area contributed by atoms with Crippen LogP contribution in [0.3, 0.4) is 0 Å². The maximum absolute atomic E-state index is 5.56. The lowest BCUT2D eigenvalue weighted by atomic mass is 9.88. The van der Waals surface area contributed by atoms with E-state index >= 15 is 0 Å². The van der Waals surface area contributed by atoms with Gasteiger partial charge in [-0.05, 0) is 36.9 Å². The summed E-state index contributed by atoms with van der Waals surface area (Å²) >= 11 is 0. The summed E-state index contributed by atoms with van der Waals surface area (Å²) < 4.78 is 0. The lowest BCUT2D eigenvalue weighted by molar-refractivity contribution is 0.350. The number of nitrogens with one attached hydrogen (secondary N) is 1. The molecule has 0 radical (unpaired) electrons. The summed E-state index contributed by atoms with van der Waals surface area (Å²) in [6, 6.07) is 7.90. The zero-order valence-corrected chi connectivity index (χ0v) is 11.7. The van der Waals surface area contributed by atoms with Crippen molar-refractivity contribution < 1.29 is 0 Å². The molecule has 2 aromatic rings. The van der Waals surface area contributed by atoms with Gasteiger partial charge in [-0.2, -0.15) is 0 Å². The highest BCUT2D eigenvalue weighted by atomic mass is 15.0.